The summed E-state index contributed by atoms with van der Waals surface area (Å²) in [5.74, 6) is 1.13. The lowest BCUT2D eigenvalue weighted by Crippen LogP contribution is -2.68. The number of fused-ring (bicyclic) bond motifs is 4. The van der Waals surface area contributed by atoms with Crippen LogP contribution in [-0.2, 0) is 16.6 Å². The first-order valence-corrected chi connectivity index (χ1v) is 11.0. The normalized spacial score (nSPS) is 28.5. The minimum absolute atomic E-state index is 0.00861. The van der Waals surface area contributed by atoms with Gasteiger partial charge in [0.15, 0.2) is 0 Å². The first-order chi connectivity index (χ1) is 14.5. The van der Waals surface area contributed by atoms with Crippen LogP contribution in [0.5, 0.6) is 5.75 Å². The maximum Gasteiger partial charge on any atom is 0.246 e. The van der Waals surface area contributed by atoms with E-state index in [2.05, 4.69) is 17.9 Å². The predicted octanol–water partition coefficient (Wildman–Crippen LogP) is 3.82. The standard InChI is InChI=1S/C25H30N2O3/c1-25-10-11-27(15-17-3-4-17)22(13-19-6-7-20(28)14-21(19)25)24(25)26(2)23(29)8-5-18-9-12-30-16-18/h5-9,12,14,16-17,22,24,28H,3-4,10-11,13,15H2,1-2H3/b8-5+/t22?,24-,25-/m1/s1. The second kappa shape index (κ2) is 7.31. The van der Waals surface area contributed by atoms with Crippen LogP contribution in [0.15, 0.2) is 47.3 Å². The van der Waals surface area contributed by atoms with Crippen molar-refractivity contribution in [3.05, 3.63) is 59.6 Å². The Morgan fingerprint density at radius 1 is 1.37 bits per heavy atom. The number of amides is 1. The highest BCUT2D eigenvalue weighted by Gasteiger charge is 2.53. The van der Waals surface area contributed by atoms with E-state index in [9.17, 15) is 9.90 Å². The molecule has 1 unspecified atom stereocenters. The molecule has 1 aromatic carbocycles. The van der Waals surface area contributed by atoms with Gasteiger partial charge in [-0.1, -0.05) is 13.0 Å². The molecule has 2 aromatic rings. The third-order valence-electron chi connectivity index (χ3n) is 7.46. The summed E-state index contributed by atoms with van der Waals surface area (Å²) in [6.45, 7) is 4.47. The summed E-state index contributed by atoms with van der Waals surface area (Å²) in [4.78, 5) is 17.7. The number of likely N-dealkylation sites (tertiary alicyclic amines) is 1. The third kappa shape index (κ3) is 3.35. The number of piperidine rings is 1. The fourth-order valence-electron chi connectivity index (χ4n) is 5.68. The van der Waals surface area contributed by atoms with Gasteiger partial charge in [-0.2, -0.15) is 0 Å². The van der Waals surface area contributed by atoms with Crippen LogP contribution in [0.3, 0.4) is 0 Å². The van der Waals surface area contributed by atoms with Gasteiger partial charge in [0, 0.05) is 36.7 Å². The first-order valence-electron chi connectivity index (χ1n) is 11.0. The van der Waals surface area contributed by atoms with Crippen LogP contribution in [0.25, 0.3) is 6.08 Å². The van der Waals surface area contributed by atoms with Crippen molar-refractivity contribution in [2.45, 2.75) is 50.1 Å². The number of likely N-dealkylation sites (N-methyl/N-ethyl adjacent to an activating group) is 1. The average molecular weight is 407 g/mol. The summed E-state index contributed by atoms with van der Waals surface area (Å²) < 4.78 is 5.10. The Morgan fingerprint density at radius 3 is 2.93 bits per heavy atom. The number of phenolic OH excluding ortho intramolecular Hbond substituents is 1. The zero-order chi connectivity index (χ0) is 20.9. The Kier molecular flexibility index (Phi) is 4.73. The monoisotopic (exact) mass is 406 g/mol. The Bertz CT molecular complexity index is 963. The van der Waals surface area contributed by atoms with Crippen LogP contribution < -0.4 is 0 Å². The highest BCUT2D eigenvalue weighted by atomic mass is 16.3. The molecule has 1 aliphatic heterocycles. The van der Waals surface area contributed by atoms with E-state index in [0.717, 1.165) is 37.4 Å². The molecule has 2 aliphatic carbocycles. The molecule has 30 heavy (non-hydrogen) atoms. The number of carbonyl (C=O) groups excluding carboxylic acids is 1. The molecule has 5 rings (SSSR count). The van der Waals surface area contributed by atoms with Crippen molar-refractivity contribution in [1.29, 1.82) is 0 Å². The maximum atomic E-state index is 13.2. The smallest absolute Gasteiger partial charge is 0.246 e. The Balaban J connectivity index is 1.49. The van der Waals surface area contributed by atoms with Crippen molar-refractivity contribution in [3.8, 4) is 5.75 Å². The molecule has 1 amide bonds. The number of furan rings is 1. The fourth-order valence-corrected chi connectivity index (χ4v) is 5.68. The van der Waals surface area contributed by atoms with Crippen LogP contribution in [0.4, 0.5) is 0 Å². The van der Waals surface area contributed by atoms with Gasteiger partial charge in [-0.05, 0) is 73.5 Å². The van der Waals surface area contributed by atoms with Crippen LogP contribution in [-0.4, -0.2) is 53.0 Å². The van der Waals surface area contributed by atoms with Crippen molar-refractivity contribution in [2.75, 3.05) is 20.1 Å². The summed E-state index contributed by atoms with van der Waals surface area (Å²) >= 11 is 0. The number of rotatable bonds is 5. The van der Waals surface area contributed by atoms with E-state index in [0.29, 0.717) is 11.8 Å². The van der Waals surface area contributed by atoms with E-state index < -0.39 is 0 Å². The van der Waals surface area contributed by atoms with Gasteiger partial charge in [0.05, 0.1) is 18.6 Å². The van der Waals surface area contributed by atoms with Gasteiger partial charge in [0.2, 0.25) is 5.91 Å². The van der Waals surface area contributed by atoms with Gasteiger partial charge >= 0.3 is 0 Å². The van der Waals surface area contributed by atoms with Gasteiger partial charge in [0.1, 0.15) is 5.75 Å². The molecule has 0 radical (unpaired) electrons. The molecule has 1 aromatic heterocycles. The Labute approximate surface area is 178 Å². The number of aromatic hydroxyl groups is 1. The molecule has 3 atom stereocenters. The molecule has 5 heteroatoms. The Morgan fingerprint density at radius 2 is 2.20 bits per heavy atom. The van der Waals surface area contributed by atoms with Crippen LogP contribution >= 0.6 is 0 Å². The quantitative estimate of drug-likeness (QED) is 0.767. The van der Waals surface area contributed by atoms with Crippen molar-refractivity contribution >= 4 is 12.0 Å². The molecule has 2 bridgehead atoms. The summed E-state index contributed by atoms with van der Waals surface area (Å²) in [6, 6.07) is 8.02. The van der Waals surface area contributed by atoms with Gasteiger partial charge in [-0.25, -0.2) is 0 Å². The van der Waals surface area contributed by atoms with Crippen molar-refractivity contribution < 1.29 is 14.3 Å². The summed E-state index contributed by atoms with van der Waals surface area (Å²) in [7, 11) is 1.94. The topological polar surface area (TPSA) is 56.9 Å². The highest BCUT2D eigenvalue weighted by molar-refractivity contribution is 5.92. The van der Waals surface area contributed by atoms with Gasteiger partial charge in [0.25, 0.3) is 0 Å². The average Bonchev–Trinajstić information content (AvgIpc) is 3.39. The first kappa shape index (κ1) is 19.4. The lowest BCUT2D eigenvalue weighted by Gasteiger charge is -2.58. The van der Waals surface area contributed by atoms with Crippen LogP contribution in [0.1, 0.15) is 42.9 Å². The number of benzene rings is 1. The zero-order valence-corrected chi connectivity index (χ0v) is 17.8. The number of hydrogen-bond acceptors (Lipinski definition) is 4. The van der Waals surface area contributed by atoms with E-state index in [1.54, 1.807) is 24.7 Å². The number of nitrogens with zero attached hydrogens (tertiary/aromatic N) is 2. The van der Waals surface area contributed by atoms with Crippen molar-refractivity contribution in [2.24, 2.45) is 5.92 Å². The summed E-state index contributed by atoms with van der Waals surface area (Å²) in [6.07, 6.45) is 11.3. The molecule has 2 fully saturated rings. The highest BCUT2D eigenvalue weighted by Crippen LogP contribution is 2.48. The maximum absolute atomic E-state index is 13.2. The molecule has 1 saturated heterocycles. The zero-order valence-electron chi connectivity index (χ0n) is 17.8. The van der Waals surface area contributed by atoms with E-state index in [1.807, 2.05) is 30.2 Å². The van der Waals surface area contributed by atoms with Gasteiger partial charge in [-0.15, -0.1) is 0 Å². The SMILES string of the molecule is CN(C(=O)/C=C/c1ccoc1)[C@@H]1C2Cc3ccc(O)cc3[C@@]1(C)CCN2CC1CC1. The third-order valence-corrected chi connectivity index (χ3v) is 7.46. The number of phenols is 1. The van der Waals surface area contributed by atoms with E-state index in [-0.39, 0.29) is 17.4 Å². The van der Waals surface area contributed by atoms with Crippen molar-refractivity contribution in [1.82, 2.24) is 9.80 Å². The largest absolute Gasteiger partial charge is 0.508 e. The minimum atomic E-state index is -0.176. The van der Waals surface area contributed by atoms with E-state index in [4.69, 9.17) is 4.42 Å². The lowest BCUT2D eigenvalue weighted by molar-refractivity contribution is -0.132. The molecule has 3 aliphatic rings. The number of carbonyl (C=O) groups is 1. The predicted molar refractivity (Wildman–Crippen MR) is 116 cm³/mol. The second-order valence-electron chi connectivity index (χ2n) is 9.50. The molecule has 158 valence electrons. The molecule has 1 saturated carbocycles. The summed E-state index contributed by atoms with van der Waals surface area (Å²) in [5, 5.41) is 10.2. The lowest BCUT2D eigenvalue weighted by atomic mass is 9.61. The fraction of sp³-hybridized carbons (Fsp3) is 0.480. The molecule has 2 heterocycles. The van der Waals surface area contributed by atoms with E-state index >= 15 is 0 Å². The van der Waals surface area contributed by atoms with Crippen LogP contribution in [0, 0.1) is 5.92 Å². The molecule has 5 nitrogen and oxygen atoms in total. The molecular weight excluding hydrogens is 376 g/mol. The van der Waals surface area contributed by atoms with Crippen molar-refractivity contribution in [3.63, 3.8) is 0 Å². The van der Waals surface area contributed by atoms with Gasteiger partial charge in [-0.3, -0.25) is 9.69 Å². The molecule has 1 N–H and O–H groups in total. The Hall–Kier alpha value is -2.53. The summed E-state index contributed by atoms with van der Waals surface area (Å²) in [5.41, 5.74) is 3.22. The number of hydrogen-bond donors (Lipinski definition) is 1. The minimum Gasteiger partial charge on any atom is -0.508 e. The van der Waals surface area contributed by atoms with Gasteiger partial charge < -0.3 is 14.4 Å². The molecular formula is C25H30N2O3. The molecule has 0 spiro atoms. The second-order valence-corrected chi connectivity index (χ2v) is 9.50. The van der Waals surface area contributed by atoms with E-state index in [1.165, 1.54) is 24.0 Å². The van der Waals surface area contributed by atoms with Crippen LogP contribution in [0.2, 0.25) is 0 Å².